The van der Waals surface area contributed by atoms with E-state index in [1.54, 1.807) is 24.3 Å². The number of ether oxygens (including phenoxy) is 1. The van der Waals surface area contributed by atoms with Gasteiger partial charge in [-0.15, -0.1) is 0 Å². The highest BCUT2D eigenvalue weighted by Crippen LogP contribution is 2.29. The topological polar surface area (TPSA) is 84.8 Å². The third-order valence-electron chi connectivity index (χ3n) is 3.92. The molecule has 0 spiro atoms. The lowest BCUT2D eigenvalue weighted by molar-refractivity contribution is -0.124. The second-order valence-corrected chi connectivity index (χ2v) is 5.68. The summed E-state index contributed by atoms with van der Waals surface area (Å²) >= 11 is 0. The zero-order chi connectivity index (χ0) is 17.7. The summed E-state index contributed by atoms with van der Waals surface area (Å²) in [5, 5.41) is 13.7. The summed E-state index contributed by atoms with van der Waals surface area (Å²) in [4.78, 5) is 12.1. The minimum Gasteiger partial charge on any atom is -0.484 e. The van der Waals surface area contributed by atoms with Gasteiger partial charge in [0, 0.05) is 5.56 Å². The van der Waals surface area contributed by atoms with Crippen LogP contribution in [0.15, 0.2) is 70.1 Å². The van der Waals surface area contributed by atoms with Gasteiger partial charge in [0.25, 0.3) is 5.91 Å². The minimum absolute atomic E-state index is 0.0734. The molecule has 1 amide bonds. The summed E-state index contributed by atoms with van der Waals surface area (Å²) in [5.41, 5.74) is -0.0854. The lowest BCUT2D eigenvalue weighted by Crippen LogP contribution is -2.42. The SMILES string of the molecule is Cc1ccccc1OCC(=O)NC[C@@](O)(c1ccoc1)c1ccco1. The first-order valence-corrected chi connectivity index (χ1v) is 7.84. The van der Waals surface area contributed by atoms with Crippen molar-refractivity contribution in [3.8, 4) is 5.75 Å². The van der Waals surface area contributed by atoms with Gasteiger partial charge in [-0.05, 0) is 36.8 Å². The first-order chi connectivity index (χ1) is 12.1. The molecule has 6 heteroatoms. The summed E-state index contributed by atoms with van der Waals surface area (Å²) < 4.78 is 15.9. The summed E-state index contributed by atoms with van der Waals surface area (Å²) in [7, 11) is 0. The molecule has 0 fully saturated rings. The molecular formula is C19H19NO5. The van der Waals surface area contributed by atoms with Crippen molar-refractivity contribution in [2.45, 2.75) is 12.5 Å². The van der Waals surface area contributed by atoms with Crippen molar-refractivity contribution in [2.24, 2.45) is 0 Å². The largest absolute Gasteiger partial charge is 0.484 e. The quantitative estimate of drug-likeness (QED) is 0.690. The fourth-order valence-electron chi connectivity index (χ4n) is 2.48. The third-order valence-corrected chi connectivity index (χ3v) is 3.92. The van der Waals surface area contributed by atoms with Crippen LogP contribution in [-0.4, -0.2) is 24.2 Å². The first-order valence-electron chi connectivity index (χ1n) is 7.84. The van der Waals surface area contributed by atoms with Gasteiger partial charge in [-0.25, -0.2) is 0 Å². The Morgan fingerprint density at radius 3 is 2.72 bits per heavy atom. The number of carbonyl (C=O) groups excluding carboxylic acids is 1. The van der Waals surface area contributed by atoms with E-state index in [1.807, 2.05) is 25.1 Å². The van der Waals surface area contributed by atoms with Crippen molar-refractivity contribution >= 4 is 5.91 Å². The number of aryl methyl sites for hydroxylation is 1. The van der Waals surface area contributed by atoms with E-state index < -0.39 is 5.60 Å². The van der Waals surface area contributed by atoms with Crippen molar-refractivity contribution in [3.05, 3.63) is 78.1 Å². The number of para-hydroxylation sites is 1. The van der Waals surface area contributed by atoms with Crippen LogP contribution in [-0.2, 0) is 10.4 Å². The molecule has 6 nitrogen and oxygen atoms in total. The van der Waals surface area contributed by atoms with Crippen molar-refractivity contribution in [3.63, 3.8) is 0 Å². The van der Waals surface area contributed by atoms with Gasteiger partial charge in [0.2, 0.25) is 0 Å². The highest BCUT2D eigenvalue weighted by molar-refractivity contribution is 5.77. The van der Waals surface area contributed by atoms with Crippen LogP contribution >= 0.6 is 0 Å². The molecule has 0 aliphatic carbocycles. The molecule has 0 aliphatic rings. The van der Waals surface area contributed by atoms with E-state index in [-0.39, 0.29) is 19.1 Å². The fraction of sp³-hybridized carbons (Fsp3) is 0.211. The zero-order valence-electron chi connectivity index (χ0n) is 13.8. The Balaban J connectivity index is 1.64. The third kappa shape index (κ3) is 3.75. The molecule has 1 atom stereocenters. The van der Waals surface area contributed by atoms with E-state index in [9.17, 15) is 9.90 Å². The highest BCUT2D eigenvalue weighted by atomic mass is 16.5. The predicted octanol–water partition coefficient (Wildman–Crippen LogP) is 2.61. The minimum atomic E-state index is -1.52. The highest BCUT2D eigenvalue weighted by Gasteiger charge is 2.36. The Morgan fingerprint density at radius 1 is 1.20 bits per heavy atom. The van der Waals surface area contributed by atoms with Crippen molar-refractivity contribution in [1.82, 2.24) is 5.32 Å². The van der Waals surface area contributed by atoms with Crippen LogP contribution in [0.3, 0.4) is 0 Å². The second-order valence-electron chi connectivity index (χ2n) is 5.68. The van der Waals surface area contributed by atoms with Crippen LogP contribution in [0.1, 0.15) is 16.9 Å². The number of rotatable bonds is 7. The van der Waals surface area contributed by atoms with Gasteiger partial charge in [-0.2, -0.15) is 0 Å². The van der Waals surface area contributed by atoms with Crippen LogP contribution in [0.5, 0.6) is 5.75 Å². The normalized spacial score (nSPS) is 13.2. The molecule has 3 rings (SSSR count). The molecule has 0 saturated heterocycles. The summed E-state index contributed by atoms with van der Waals surface area (Å²) in [5.74, 6) is 0.611. The molecule has 130 valence electrons. The van der Waals surface area contributed by atoms with Gasteiger partial charge in [-0.3, -0.25) is 4.79 Å². The lowest BCUT2D eigenvalue weighted by Gasteiger charge is -2.25. The predicted molar refractivity (Wildman–Crippen MR) is 90.1 cm³/mol. The van der Waals surface area contributed by atoms with Crippen LogP contribution in [0.25, 0.3) is 0 Å². The molecule has 0 aliphatic heterocycles. The number of hydrogen-bond acceptors (Lipinski definition) is 5. The fourth-order valence-corrected chi connectivity index (χ4v) is 2.48. The van der Waals surface area contributed by atoms with Crippen LogP contribution in [0.4, 0.5) is 0 Å². The van der Waals surface area contributed by atoms with E-state index in [2.05, 4.69) is 5.32 Å². The van der Waals surface area contributed by atoms with E-state index in [4.69, 9.17) is 13.6 Å². The van der Waals surface area contributed by atoms with Gasteiger partial charge >= 0.3 is 0 Å². The maximum Gasteiger partial charge on any atom is 0.258 e. The van der Waals surface area contributed by atoms with Gasteiger partial charge in [0.1, 0.15) is 11.5 Å². The van der Waals surface area contributed by atoms with Crippen molar-refractivity contribution < 1.29 is 23.5 Å². The molecule has 2 aromatic heterocycles. The zero-order valence-corrected chi connectivity index (χ0v) is 13.8. The van der Waals surface area contributed by atoms with Crippen LogP contribution in [0, 0.1) is 6.92 Å². The van der Waals surface area contributed by atoms with E-state index in [0.29, 0.717) is 17.1 Å². The van der Waals surface area contributed by atoms with E-state index in [1.165, 1.54) is 18.8 Å². The monoisotopic (exact) mass is 341 g/mol. The number of aliphatic hydroxyl groups is 1. The average molecular weight is 341 g/mol. The van der Waals surface area contributed by atoms with Crippen molar-refractivity contribution in [1.29, 1.82) is 0 Å². The van der Waals surface area contributed by atoms with Crippen LogP contribution in [0.2, 0.25) is 0 Å². The second kappa shape index (κ2) is 7.27. The Morgan fingerprint density at radius 2 is 2.04 bits per heavy atom. The van der Waals surface area contributed by atoms with E-state index in [0.717, 1.165) is 5.56 Å². The molecule has 2 N–H and O–H groups in total. The first kappa shape index (κ1) is 16.9. The van der Waals surface area contributed by atoms with Crippen LogP contribution < -0.4 is 10.1 Å². The Labute approximate surface area is 145 Å². The number of furan rings is 2. The molecule has 25 heavy (non-hydrogen) atoms. The molecular weight excluding hydrogens is 322 g/mol. The van der Waals surface area contributed by atoms with Gasteiger partial charge in [0.15, 0.2) is 12.2 Å². The smallest absolute Gasteiger partial charge is 0.258 e. The standard InChI is InChI=1S/C19H19NO5/c1-14-5-2-3-6-16(14)25-12-18(21)20-13-19(22,15-8-10-23-11-15)17-7-4-9-24-17/h2-11,22H,12-13H2,1H3,(H,20,21)/t19-/m1/s1. The lowest BCUT2D eigenvalue weighted by atomic mass is 9.93. The molecule has 0 bridgehead atoms. The molecule has 0 unspecified atom stereocenters. The average Bonchev–Trinajstić information content (AvgIpc) is 3.32. The van der Waals surface area contributed by atoms with Gasteiger partial charge in [0.05, 0.1) is 25.3 Å². The number of amides is 1. The van der Waals surface area contributed by atoms with E-state index >= 15 is 0 Å². The molecule has 2 heterocycles. The maximum absolute atomic E-state index is 12.1. The Bertz CT molecular complexity index is 774. The van der Waals surface area contributed by atoms with Gasteiger partial charge in [-0.1, -0.05) is 18.2 Å². The van der Waals surface area contributed by atoms with Crippen molar-refractivity contribution in [2.75, 3.05) is 13.2 Å². The summed E-state index contributed by atoms with van der Waals surface area (Å²) in [6, 6.07) is 12.4. The van der Waals surface area contributed by atoms with Gasteiger partial charge < -0.3 is 24.0 Å². The number of hydrogen-bond donors (Lipinski definition) is 2. The maximum atomic E-state index is 12.1. The Kier molecular flexibility index (Phi) is 4.90. The summed E-state index contributed by atoms with van der Waals surface area (Å²) in [6.45, 7) is 1.68. The summed E-state index contributed by atoms with van der Waals surface area (Å²) in [6.07, 6.45) is 4.33. The number of nitrogens with one attached hydrogen (secondary N) is 1. The number of carbonyl (C=O) groups is 1. The molecule has 1 aromatic carbocycles. The molecule has 3 aromatic rings. The Hall–Kier alpha value is -2.99. The molecule has 0 saturated carbocycles. The number of benzene rings is 1. The molecule has 0 radical (unpaired) electrons.